The summed E-state index contributed by atoms with van der Waals surface area (Å²) in [5.74, 6) is -7.62. The molecule has 8 rings (SSSR count). The van der Waals surface area contributed by atoms with Crippen LogP contribution in [-0.2, 0) is 84.2 Å². The van der Waals surface area contributed by atoms with Gasteiger partial charge in [-0.1, -0.05) is 43.7 Å². The molecular formula is C57H60F4N6O13. The summed E-state index contributed by atoms with van der Waals surface area (Å²) in [5.41, 5.74) is -0.129. The number of pyridine rings is 2. The van der Waals surface area contributed by atoms with Gasteiger partial charge in [0.2, 0.25) is 17.9 Å². The number of carbonyl (C=O) groups is 9. The first-order valence-electron chi connectivity index (χ1n) is 26.5. The number of amides is 5. The Morgan fingerprint density at radius 2 is 1.61 bits per heavy atom. The van der Waals surface area contributed by atoms with Crippen molar-refractivity contribution in [1.82, 2.24) is 30.0 Å². The van der Waals surface area contributed by atoms with E-state index in [1.165, 1.54) is 42.8 Å². The van der Waals surface area contributed by atoms with E-state index in [9.17, 15) is 66.2 Å². The number of Topliss-reactive ketones (excluding diaryl/α,β-unsaturated/α-hetero) is 3. The van der Waals surface area contributed by atoms with Gasteiger partial charge in [0.15, 0.2) is 17.2 Å². The van der Waals surface area contributed by atoms with Crippen molar-refractivity contribution in [2.75, 3.05) is 33.3 Å². The second kappa shape index (κ2) is 24.3. The molecule has 1 unspecified atom stereocenters. The predicted octanol–water partition coefficient (Wildman–Crippen LogP) is 4.76. The number of hydrogen-bond acceptors (Lipinski definition) is 14. The van der Waals surface area contributed by atoms with Crippen LogP contribution in [0.1, 0.15) is 116 Å². The van der Waals surface area contributed by atoms with Gasteiger partial charge < -0.3 is 34.7 Å². The largest absolute Gasteiger partial charge is 0.458 e. The van der Waals surface area contributed by atoms with Crippen LogP contribution >= 0.6 is 0 Å². The molecule has 2 aromatic carbocycles. The number of benzene rings is 2. The molecule has 4 aromatic rings. The Labute approximate surface area is 456 Å². The van der Waals surface area contributed by atoms with E-state index in [1.807, 2.05) is 0 Å². The maximum absolute atomic E-state index is 15.5. The molecule has 0 saturated heterocycles. The molecule has 80 heavy (non-hydrogen) atoms. The van der Waals surface area contributed by atoms with E-state index in [0.717, 1.165) is 9.80 Å². The molecule has 0 spiro atoms. The van der Waals surface area contributed by atoms with Crippen LogP contribution < -0.4 is 16.2 Å². The molecule has 0 saturated carbocycles. The Hall–Kier alpha value is -7.79. The van der Waals surface area contributed by atoms with Crippen molar-refractivity contribution >= 4 is 63.8 Å². The lowest BCUT2D eigenvalue weighted by molar-refractivity contribution is -0.224. The number of alkyl halides is 3. The van der Waals surface area contributed by atoms with Crippen molar-refractivity contribution in [1.29, 1.82) is 0 Å². The van der Waals surface area contributed by atoms with Gasteiger partial charge in [-0.15, -0.1) is 0 Å². The van der Waals surface area contributed by atoms with Gasteiger partial charge in [-0.25, -0.2) is 14.2 Å². The highest BCUT2D eigenvalue weighted by atomic mass is 19.4. The van der Waals surface area contributed by atoms with E-state index in [1.54, 1.807) is 37.3 Å². The highest BCUT2D eigenvalue weighted by molar-refractivity contribution is 6.12. The van der Waals surface area contributed by atoms with E-state index in [0.29, 0.717) is 46.9 Å². The molecule has 19 nitrogen and oxygen atoms in total. The smallest absolute Gasteiger partial charge is 0.423 e. The number of aryl methyl sites for hydroxylation is 1. The molecule has 23 heteroatoms. The van der Waals surface area contributed by atoms with Crippen LogP contribution in [0.5, 0.6) is 0 Å². The zero-order valence-corrected chi connectivity index (χ0v) is 44.3. The molecule has 0 fully saturated rings. The number of ether oxygens (including phenoxy) is 2. The number of halogens is 4. The van der Waals surface area contributed by atoms with Crippen LogP contribution in [0.4, 0.5) is 17.6 Å². The van der Waals surface area contributed by atoms with Gasteiger partial charge in [-0.05, 0) is 73.8 Å². The third-order valence-electron chi connectivity index (χ3n) is 15.3. The fourth-order valence-corrected chi connectivity index (χ4v) is 10.9. The van der Waals surface area contributed by atoms with Crippen molar-refractivity contribution < 1.29 is 75.3 Å². The summed E-state index contributed by atoms with van der Waals surface area (Å²) >= 11 is 0. The minimum atomic E-state index is -5.28. The first kappa shape index (κ1) is 58.4. The number of imide groups is 1. The summed E-state index contributed by atoms with van der Waals surface area (Å²) in [6, 6.07) is 10.1. The quantitative estimate of drug-likeness (QED) is 0.0308. The Morgan fingerprint density at radius 3 is 2.31 bits per heavy atom. The molecule has 5 heterocycles. The number of hydrogen-bond donors (Lipinski definition) is 3. The van der Waals surface area contributed by atoms with Crippen LogP contribution in [0.3, 0.4) is 0 Å². The average Bonchev–Trinajstić information content (AvgIpc) is 4.08. The van der Waals surface area contributed by atoms with E-state index >= 15 is 4.39 Å². The number of rotatable bonds is 25. The summed E-state index contributed by atoms with van der Waals surface area (Å²) in [4.78, 5) is 136. The van der Waals surface area contributed by atoms with Crippen molar-refractivity contribution in [3.63, 3.8) is 0 Å². The number of esters is 1. The third-order valence-corrected chi connectivity index (χ3v) is 15.3. The second-order valence-corrected chi connectivity index (χ2v) is 20.5. The van der Waals surface area contributed by atoms with Crippen molar-refractivity contribution in [2.24, 2.45) is 5.92 Å². The van der Waals surface area contributed by atoms with Crippen LogP contribution in [0, 0.1) is 18.7 Å². The molecule has 0 bridgehead atoms. The zero-order valence-electron chi connectivity index (χ0n) is 44.3. The molecule has 2 aromatic heterocycles. The molecule has 5 amide bonds. The number of cyclic esters (lactones) is 1. The van der Waals surface area contributed by atoms with Crippen molar-refractivity contribution in [2.45, 2.75) is 128 Å². The van der Waals surface area contributed by atoms with Gasteiger partial charge in [0.1, 0.15) is 18.2 Å². The van der Waals surface area contributed by atoms with Gasteiger partial charge in [0, 0.05) is 86.3 Å². The first-order chi connectivity index (χ1) is 38.0. The van der Waals surface area contributed by atoms with E-state index in [2.05, 4.69) is 10.6 Å². The summed E-state index contributed by atoms with van der Waals surface area (Å²) in [6.45, 7) is 0.744. The van der Waals surface area contributed by atoms with Crippen molar-refractivity contribution in [3.8, 4) is 11.4 Å². The lowest BCUT2D eigenvalue weighted by Gasteiger charge is -2.37. The molecular weight excluding hydrogens is 1050 g/mol. The number of ketones is 3. The fraction of sp³-hybridized carbons (Fsp3) is 0.456. The lowest BCUT2D eigenvalue weighted by Crippen LogP contribution is -2.48. The molecule has 0 radical (unpaired) electrons. The van der Waals surface area contributed by atoms with Gasteiger partial charge in [0.25, 0.3) is 23.3 Å². The molecule has 4 atom stereocenters. The monoisotopic (exact) mass is 1110 g/mol. The molecule has 1 aliphatic carbocycles. The number of aliphatic hydroxyl groups is 1. The maximum Gasteiger partial charge on any atom is 0.423 e. The lowest BCUT2D eigenvalue weighted by atomic mass is 9.81. The van der Waals surface area contributed by atoms with E-state index < -0.39 is 109 Å². The molecule has 3 aliphatic heterocycles. The van der Waals surface area contributed by atoms with Gasteiger partial charge in [-0.3, -0.25) is 48.1 Å². The number of carbonyl (C=O) groups excluding carboxylic acids is 9. The zero-order chi connectivity index (χ0) is 57.8. The summed E-state index contributed by atoms with van der Waals surface area (Å²) in [5, 5.41) is 16.7. The Morgan fingerprint density at radius 1 is 0.900 bits per heavy atom. The Balaban J connectivity index is 0.870. The predicted molar refractivity (Wildman–Crippen MR) is 276 cm³/mol. The van der Waals surface area contributed by atoms with Crippen LogP contribution in [-0.4, -0.2) is 123 Å². The van der Waals surface area contributed by atoms with Crippen molar-refractivity contribution in [3.05, 3.63) is 110 Å². The number of unbranched alkanes of at least 4 members (excludes halogenated alkanes) is 2. The van der Waals surface area contributed by atoms with Gasteiger partial charge >= 0.3 is 12.1 Å². The average molecular weight is 1110 g/mol. The minimum absolute atomic E-state index is 0.0129. The highest BCUT2D eigenvalue weighted by Crippen LogP contribution is 2.48. The minimum Gasteiger partial charge on any atom is -0.458 e. The second-order valence-electron chi connectivity index (χ2n) is 20.5. The van der Waals surface area contributed by atoms with E-state index in [4.69, 9.17) is 14.5 Å². The number of nitrogens with one attached hydrogen (secondary N) is 2. The normalized spacial score (nSPS) is 17.8. The maximum atomic E-state index is 15.5. The molecule has 3 N–H and O–H groups in total. The summed E-state index contributed by atoms with van der Waals surface area (Å²) in [6.07, 6.45) is -5.38. The molecule has 424 valence electrons. The van der Waals surface area contributed by atoms with E-state index in [-0.39, 0.29) is 116 Å². The topological polar surface area (TPSA) is 258 Å². The third kappa shape index (κ3) is 12.3. The van der Waals surface area contributed by atoms with Crippen LogP contribution in [0.15, 0.2) is 59.4 Å². The number of aromatic nitrogens is 2. The fourth-order valence-electron chi connectivity index (χ4n) is 10.9. The molecule has 4 aliphatic rings. The Kier molecular flexibility index (Phi) is 17.7. The first-order valence-corrected chi connectivity index (χ1v) is 26.5. The summed E-state index contributed by atoms with van der Waals surface area (Å²) in [7, 11) is 1.17. The SMILES string of the molecule is CC[C@@]1(O)C(=O)OCc2c1cc1n(c2=O)Cc2c-1nc1cc(F)c(C)c3c1c2[C@@H](N(C)C(=O)C(OCCC(=O)CNC(=O)[C@@H](CC(=O)CNC(=O)CCC(=O)CCCCCN1C(=O)C=CC1=O)Cc1ccccc1)C(F)(F)F)CC3. The standard InChI is InChI=1S/C57H60F4N6O13/c1-4-56(78)40-25-44-50-38(29-67(44)53(75)39(40)30-80-55(56)77)49-43(16-15-37-31(2)41(58)26-42(64-50)48(37)49)65(3)54(76)51(57(59,60)61)79-22-20-35(69)27-63-52(74)33(23-32-11-7-5-8-12-32)24-36(70)28-62-45(71)17-14-34(68)13-9-6-10-21-66-46(72)18-19-47(66)73/h5,7-8,11-12,18-19,25-26,33,43,51,78H,4,6,9-10,13-17,20-24,27-30H2,1-3H3,(H,62,71)(H,63,74)/t33-,43+,51?,56+/m1/s1. The Bertz CT molecular complexity index is 3270. The van der Waals surface area contributed by atoms with Crippen LogP contribution in [0.25, 0.3) is 22.3 Å². The number of nitrogens with zero attached hydrogens (tertiary/aromatic N) is 4. The summed E-state index contributed by atoms with van der Waals surface area (Å²) < 4.78 is 71.8. The van der Waals surface area contributed by atoms with Crippen LogP contribution in [0.2, 0.25) is 0 Å². The highest BCUT2D eigenvalue weighted by Gasteiger charge is 2.50. The number of fused-ring (bicyclic) bond motifs is 5. The van der Waals surface area contributed by atoms with Gasteiger partial charge in [-0.2, -0.15) is 13.2 Å². The van der Waals surface area contributed by atoms with Gasteiger partial charge in [0.05, 0.1) is 54.8 Å². The number of likely N-dealkylation sites (N-methyl/N-ethyl adjacent to an activating group) is 1.